The summed E-state index contributed by atoms with van der Waals surface area (Å²) in [5.74, 6) is -1.00. The molecule has 28 heavy (non-hydrogen) atoms. The van der Waals surface area contributed by atoms with Gasteiger partial charge < -0.3 is 9.47 Å². The minimum absolute atomic E-state index is 0.0998. The van der Waals surface area contributed by atoms with Crippen molar-refractivity contribution in [3.63, 3.8) is 0 Å². The Labute approximate surface area is 170 Å². The molecule has 1 fully saturated rings. The summed E-state index contributed by atoms with van der Waals surface area (Å²) in [4.78, 5) is 26.4. The molecule has 1 saturated heterocycles. The van der Waals surface area contributed by atoms with E-state index >= 15 is 0 Å². The van der Waals surface area contributed by atoms with Crippen LogP contribution in [0, 0.1) is 5.82 Å². The normalized spacial score (nSPS) is 15.6. The van der Waals surface area contributed by atoms with Crippen molar-refractivity contribution in [2.45, 2.75) is 0 Å². The van der Waals surface area contributed by atoms with Crippen molar-refractivity contribution >= 4 is 52.5 Å². The first kappa shape index (κ1) is 19.8. The van der Waals surface area contributed by atoms with E-state index in [9.17, 15) is 14.0 Å². The first-order chi connectivity index (χ1) is 13.3. The second kappa shape index (κ2) is 7.95. The molecule has 9 heteroatoms. The van der Waals surface area contributed by atoms with Gasteiger partial charge in [-0.15, -0.1) is 0 Å². The number of rotatable bonds is 4. The third-order valence-electron chi connectivity index (χ3n) is 3.99. The molecule has 0 aromatic heterocycles. The zero-order chi connectivity index (χ0) is 20.4. The van der Waals surface area contributed by atoms with E-state index in [0.29, 0.717) is 22.7 Å². The van der Waals surface area contributed by atoms with Gasteiger partial charge >= 0.3 is 0 Å². The molecule has 1 N–H and O–H groups in total. The van der Waals surface area contributed by atoms with Gasteiger partial charge in [-0.3, -0.25) is 19.8 Å². The lowest BCUT2D eigenvalue weighted by Crippen LogP contribution is -2.54. The second-order valence-corrected chi connectivity index (χ2v) is 6.46. The van der Waals surface area contributed by atoms with Crippen LogP contribution in [0.4, 0.5) is 10.1 Å². The minimum atomic E-state index is -0.667. The van der Waals surface area contributed by atoms with Gasteiger partial charge in [-0.05, 0) is 54.2 Å². The molecule has 0 atom stereocenters. The molecule has 0 saturated carbocycles. The number of benzene rings is 2. The Morgan fingerprint density at radius 2 is 1.71 bits per heavy atom. The minimum Gasteiger partial charge on any atom is -0.493 e. The fraction of sp³-hybridized carbons (Fsp3) is 0.105. The number of thiocarbonyl (C=S) groups is 1. The maximum Gasteiger partial charge on any atom is 0.270 e. The number of carbonyl (C=O) groups excluding carboxylic acids is 2. The van der Waals surface area contributed by atoms with Crippen LogP contribution >= 0.6 is 23.8 Å². The molecule has 144 valence electrons. The van der Waals surface area contributed by atoms with Gasteiger partial charge in [0.05, 0.1) is 24.9 Å². The van der Waals surface area contributed by atoms with E-state index in [4.69, 9.17) is 33.3 Å². The van der Waals surface area contributed by atoms with E-state index in [0.717, 1.165) is 4.90 Å². The van der Waals surface area contributed by atoms with Crippen molar-refractivity contribution in [2.75, 3.05) is 19.1 Å². The summed E-state index contributed by atoms with van der Waals surface area (Å²) in [6, 6.07) is 8.22. The van der Waals surface area contributed by atoms with E-state index in [1.807, 2.05) is 0 Å². The first-order valence-corrected chi connectivity index (χ1v) is 8.73. The number of anilines is 1. The highest BCUT2D eigenvalue weighted by Gasteiger charge is 2.34. The molecular weight excluding hydrogens is 407 g/mol. The quantitative estimate of drug-likeness (QED) is 0.467. The molecule has 0 aliphatic carbocycles. The standard InChI is InChI=1S/C19H14ClFN2O4S/c1-26-15-8-10(14(20)9-16(15)27-2)7-13-17(24)22-19(28)23(18(13)25)12-5-3-11(21)4-6-12/h3-9H,1-2H3,(H,22,24,28). The molecule has 0 unspecified atom stereocenters. The largest absolute Gasteiger partial charge is 0.493 e. The van der Waals surface area contributed by atoms with Crippen molar-refractivity contribution in [2.24, 2.45) is 0 Å². The van der Waals surface area contributed by atoms with Crippen molar-refractivity contribution in [3.8, 4) is 11.5 Å². The summed E-state index contributed by atoms with van der Waals surface area (Å²) < 4.78 is 23.6. The number of carbonyl (C=O) groups is 2. The second-order valence-electron chi connectivity index (χ2n) is 5.66. The Morgan fingerprint density at radius 3 is 2.32 bits per heavy atom. The number of ether oxygens (including phenoxy) is 2. The predicted octanol–water partition coefficient (Wildman–Crippen LogP) is 3.33. The molecule has 2 amide bonds. The third-order valence-corrected chi connectivity index (χ3v) is 4.60. The first-order valence-electron chi connectivity index (χ1n) is 7.94. The summed E-state index contributed by atoms with van der Waals surface area (Å²) in [6.07, 6.45) is 1.33. The topological polar surface area (TPSA) is 67.9 Å². The number of hydrogen-bond acceptors (Lipinski definition) is 5. The van der Waals surface area contributed by atoms with E-state index in [1.54, 1.807) is 6.07 Å². The lowest BCUT2D eigenvalue weighted by atomic mass is 10.1. The monoisotopic (exact) mass is 420 g/mol. The maximum atomic E-state index is 13.2. The Morgan fingerprint density at radius 1 is 1.11 bits per heavy atom. The lowest BCUT2D eigenvalue weighted by molar-refractivity contribution is -0.122. The Hall–Kier alpha value is -2.97. The van der Waals surface area contributed by atoms with Crippen molar-refractivity contribution in [1.29, 1.82) is 0 Å². The predicted molar refractivity (Wildman–Crippen MR) is 107 cm³/mol. The van der Waals surface area contributed by atoms with Crippen LogP contribution in [0.1, 0.15) is 5.56 Å². The fourth-order valence-electron chi connectivity index (χ4n) is 2.62. The van der Waals surface area contributed by atoms with Crippen LogP contribution in [-0.4, -0.2) is 31.1 Å². The molecule has 1 aliphatic heterocycles. The molecule has 0 spiro atoms. The summed E-state index contributed by atoms with van der Waals surface area (Å²) in [6.45, 7) is 0. The molecule has 1 aliphatic rings. The van der Waals surface area contributed by atoms with Gasteiger partial charge in [-0.25, -0.2) is 4.39 Å². The average Bonchev–Trinajstić information content (AvgIpc) is 2.67. The lowest BCUT2D eigenvalue weighted by Gasteiger charge is -2.29. The smallest absolute Gasteiger partial charge is 0.270 e. The Balaban J connectivity index is 2.05. The van der Waals surface area contributed by atoms with Crippen LogP contribution in [-0.2, 0) is 9.59 Å². The van der Waals surface area contributed by atoms with Crippen molar-refractivity contribution in [3.05, 3.63) is 58.4 Å². The zero-order valence-corrected chi connectivity index (χ0v) is 16.4. The number of nitrogens with one attached hydrogen (secondary N) is 1. The summed E-state index contributed by atoms with van der Waals surface area (Å²) in [7, 11) is 2.92. The van der Waals surface area contributed by atoms with Gasteiger partial charge in [-0.2, -0.15) is 0 Å². The van der Waals surface area contributed by atoms with E-state index in [1.165, 1.54) is 50.6 Å². The maximum absolute atomic E-state index is 13.2. The van der Waals surface area contributed by atoms with Gasteiger partial charge in [-0.1, -0.05) is 11.6 Å². The molecule has 3 rings (SSSR count). The van der Waals surface area contributed by atoms with Gasteiger partial charge in [0.1, 0.15) is 11.4 Å². The van der Waals surface area contributed by atoms with Gasteiger partial charge in [0, 0.05) is 6.07 Å². The number of hydrogen-bond donors (Lipinski definition) is 1. The van der Waals surface area contributed by atoms with Crippen molar-refractivity contribution < 1.29 is 23.5 Å². The molecule has 0 bridgehead atoms. The highest BCUT2D eigenvalue weighted by atomic mass is 35.5. The van der Waals surface area contributed by atoms with Gasteiger partial charge in [0.15, 0.2) is 16.6 Å². The van der Waals surface area contributed by atoms with Crippen LogP contribution in [0.5, 0.6) is 11.5 Å². The van der Waals surface area contributed by atoms with Crippen LogP contribution in [0.15, 0.2) is 42.0 Å². The average molecular weight is 421 g/mol. The van der Waals surface area contributed by atoms with Gasteiger partial charge in [0.25, 0.3) is 11.8 Å². The van der Waals surface area contributed by atoms with Crippen LogP contribution in [0.3, 0.4) is 0 Å². The summed E-state index contributed by atoms with van der Waals surface area (Å²) in [5, 5.41) is 2.61. The number of nitrogens with zero attached hydrogens (tertiary/aromatic N) is 1. The Kier molecular flexibility index (Phi) is 5.62. The molecule has 6 nitrogen and oxygen atoms in total. The van der Waals surface area contributed by atoms with E-state index in [2.05, 4.69) is 5.32 Å². The molecule has 1 heterocycles. The number of methoxy groups -OCH3 is 2. The Bertz CT molecular complexity index is 1010. The summed E-state index contributed by atoms with van der Waals surface area (Å²) in [5.41, 5.74) is 0.512. The summed E-state index contributed by atoms with van der Waals surface area (Å²) >= 11 is 11.3. The van der Waals surface area contributed by atoms with Crippen molar-refractivity contribution in [1.82, 2.24) is 5.32 Å². The highest BCUT2D eigenvalue weighted by Crippen LogP contribution is 2.34. The van der Waals surface area contributed by atoms with Crippen LogP contribution < -0.4 is 19.7 Å². The van der Waals surface area contributed by atoms with Crippen LogP contribution in [0.2, 0.25) is 5.02 Å². The van der Waals surface area contributed by atoms with E-state index < -0.39 is 17.6 Å². The molecule has 0 radical (unpaired) electrons. The molecular formula is C19H14ClFN2O4S. The highest BCUT2D eigenvalue weighted by molar-refractivity contribution is 7.80. The van der Waals surface area contributed by atoms with E-state index in [-0.39, 0.29) is 15.7 Å². The van der Waals surface area contributed by atoms with Gasteiger partial charge in [0.2, 0.25) is 0 Å². The number of amides is 2. The fourth-order valence-corrected chi connectivity index (χ4v) is 3.11. The van der Waals surface area contributed by atoms with Crippen LogP contribution in [0.25, 0.3) is 6.08 Å². The number of halogens is 2. The zero-order valence-electron chi connectivity index (χ0n) is 14.8. The third kappa shape index (κ3) is 3.69. The SMILES string of the molecule is COc1cc(Cl)c(C=C2C(=O)NC(=S)N(c3ccc(F)cc3)C2=O)cc1OC. The molecule has 2 aromatic rings. The molecule has 2 aromatic carbocycles.